The molecule has 3 rings (SSSR count). The number of thiophene rings is 1. The molecule has 0 spiro atoms. The maximum absolute atomic E-state index is 13.7. The second-order valence-electron chi connectivity index (χ2n) is 8.19. The van der Waals surface area contributed by atoms with Crippen molar-refractivity contribution in [1.82, 2.24) is 9.55 Å². The number of fused-ring (bicyclic) bond motifs is 1. The minimum absolute atomic E-state index is 0.0399. The van der Waals surface area contributed by atoms with E-state index in [1.807, 2.05) is 38.1 Å². The number of benzene rings is 1. The zero-order valence-electron chi connectivity index (χ0n) is 18.5. The molecule has 166 valence electrons. The van der Waals surface area contributed by atoms with Gasteiger partial charge in [0.1, 0.15) is 5.82 Å². The maximum atomic E-state index is 13.7. The van der Waals surface area contributed by atoms with Crippen molar-refractivity contribution < 1.29 is 4.79 Å². The van der Waals surface area contributed by atoms with Crippen LogP contribution < -0.4 is 21.9 Å². The Labute approximate surface area is 185 Å². The lowest BCUT2D eigenvalue weighted by Crippen LogP contribution is -2.42. The van der Waals surface area contributed by atoms with Crippen LogP contribution in [0.3, 0.4) is 0 Å². The molecule has 0 aliphatic heterocycles. The third kappa shape index (κ3) is 4.58. The van der Waals surface area contributed by atoms with Crippen LogP contribution in [-0.4, -0.2) is 22.0 Å². The van der Waals surface area contributed by atoms with Crippen LogP contribution in [0.1, 0.15) is 55.3 Å². The van der Waals surface area contributed by atoms with Crippen LogP contribution in [0, 0.1) is 12.8 Å². The molecule has 0 atom stereocenters. The van der Waals surface area contributed by atoms with Crippen molar-refractivity contribution in [3.63, 3.8) is 0 Å². The van der Waals surface area contributed by atoms with Crippen molar-refractivity contribution in [2.24, 2.45) is 5.92 Å². The fourth-order valence-electron chi connectivity index (χ4n) is 3.58. The molecule has 0 saturated carbocycles. The molecule has 0 fully saturated rings. The lowest BCUT2D eigenvalue weighted by molar-refractivity contribution is 0.0989. The Balaban J connectivity index is 2.15. The molecule has 0 bridgehead atoms. The van der Waals surface area contributed by atoms with Crippen LogP contribution >= 0.6 is 11.3 Å². The van der Waals surface area contributed by atoms with Gasteiger partial charge in [-0.25, -0.2) is 4.79 Å². The van der Waals surface area contributed by atoms with Gasteiger partial charge >= 0.3 is 5.69 Å². The number of aromatic nitrogens is 2. The summed E-state index contributed by atoms with van der Waals surface area (Å²) in [6.07, 6.45) is 2.31. The number of H-pyrrole nitrogens is 1. The summed E-state index contributed by atoms with van der Waals surface area (Å²) in [6.45, 7) is 8.77. The Bertz CT molecular complexity index is 1210. The van der Waals surface area contributed by atoms with Crippen molar-refractivity contribution >= 4 is 38.8 Å². The molecule has 31 heavy (non-hydrogen) atoms. The van der Waals surface area contributed by atoms with Crippen molar-refractivity contribution in [3.05, 3.63) is 55.5 Å². The summed E-state index contributed by atoms with van der Waals surface area (Å²) in [5.74, 6) is 0.0976. The maximum Gasteiger partial charge on any atom is 0.330 e. The van der Waals surface area contributed by atoms with E-state index >= 15 is 0 Å². The van der Waals surface area contributed by atoms with E-state index in [1.54, 1.807) is 0 Å². The minimum atomic E-state index is -0.633. The van der Waals surface area contributed by atoms with Gasteiger partial charge < -0.3 is 5.73 Å². The highest BCUT2D eigenvalue weighted by atomic mass is 32.1. The van der Waals surface area contributed by atoms with Crippen molar-refractivity contribution in [3.8, 4) is 0 Å². The van der Waals surface area contributed by atoms with Crippen LogP contribution in [0.5, 0.6) is 0 Å². The molecule has 8 heteroatoms. The average molecular weight is 443 g/mol. The highest BCUT2D eigenvalue weighted by Crippen LogP contribution is 2.33. The van der Waals surface area contributed by atoms with Gasteiger partial charge in [-0.2, -0.15) is 0 Å². The van der Waals surface area contributed by atoms with E-state index in [1.165, 1.54) is 20.8 Å². The van der Waals surface area contributed by atoms with Crippen molar-refractivity contribution in [1.29, 1.82) is 0 Å². The molecular formula is C23H30N4O3S. The zero-order chi connectivity index (χ0) is 22.7. The van der Waals surface area contributed by atoms with E-state index in [2.05, 4.69) is 18.8 Å². The molecule has 3 N–H and O–H groups in total. The molecule has 1 amide bonds. The van der Waals surface area contributed by atoms with E-state index in [9.17, 15) is 14.4 Å². The number of nitrogens with one attached hydrogen (secondary N) is 1. The highest BCUT2D eigenvalue weighted by molar-refractivity contribution is 7.21. The number of nitrogen functional groups attached to an aromatic ring is 1. The smallest absolute Gasteiger partial charge is 0.330 e. The highest BCUT2D eigenvalue weighted by Gasteiger charge is 2.28. The Hall–Kier alpha value is -2.87. The second-order valence-corrected chi connectivity index (χ2v) is 9.24. The predicted octanol–water partition coefficient (Wildman–Crippen LogP) is 4.13. The summed E-state index contributed by atoms with van der Waals surface area (Å²) in [4.78, 5) is 43.3. The Kier molecular flexibility index (Phi) is 7.00. The number of amides is 1. The number of rotatable bonds is 8. The molecule has 2 aromatic heterocycles. The molecule has 2 heterocycles. The van der Waals surface area contributed by atoms with E-state index in [-0.39, 0.29) is 17.4 Å². The molecule has 1 aromatic carbocycles. The van der Waals surface area contributed by atoms with Gasteiger partial charge in [0, 0.05) is 17.8 Å². The number of unbranched alkanes of at least 4 members (excludes halogenated alkanes) is 1. The number of aromatic amines is 1. The third-order valence-electron chi connectivity index (χ3n) is 5.43. The minimum Gasteiger partial charge on any atom is -0.383 e. The summed E-state index contributed by atoms with van der Waals surface area (Å²) in [5, 5.41) is 1.02. The topological polar surface area (TPSA) is 101 Å². The Morgan fingerprint density at radius 1 is 1.26 bits per heavy atom. The van der Waals surface area contributed by atoms with E-state index in [4.69, 9.17) is 5.73 Å². The van der Waals surface area contributed by atoms with Gasteiger partial charge in [0.05, 0.1) is 4.88 Å². The van der Waals surface area contributed by atoms with Crippen LogP contribution in [0.2, 0.25) is 0 Å². The first-order valence-electron chi connectivity index (χ1n) is 10.7. The summed E-state index contributed by atoms with van der Waals surface area (Å²) in [6, 6.07) is 7.85. The first-order valence-corrected chi connectivity index (χ1v) is 11.5. The van der Waals surface area contributed by atoms with Crippen molar-refractivity contribution in [2.75, 3.05) is 17.2 Å². The number of carbonyl (C=O) groups is 1. The molecule has 0 aliphatic rings. The Morgan fingerprint density at radius 3 is 2.61 bits per heavy atom. The number of carbonyl (C=O) groups excluding carboxylic acids is 1. The number of hydrogen-bond donors (Lipinski definition) is 2. The fourth-order valence-corrected chi connectivity index (χ4v) is 4.74. The summed E-state index contributed by atoms with van der Waals surface area (Å²) in [7, 11) is 0. The van der Waals surface area contributed by atoms with Gasteiger partial charge in [-0.05, 0) is 42.7 Å². The summed E-state index contributed by atoms with van der Waals surface area (Å²) in [5.41, 5.74) is 6.07. The number of nitrogens with zero attached hydrogens (tertiary/aromatic N) is 2. The predicted molar refractivity (Wildman–Crippen MR) is 128 cm³/mol. The number of aryl methyl sites for hydroxylation is 1. The van der Waals surface area contributed by atoms with Gasteiger partial charge in [-0.15, -0.1) is 11.3 Å². The fraction of sp³-hybridized carbons (Fsp3) is 0.435. The van der Waals surface area contributed by atoms with E-state index < -0.39 is 11.2 Å². The number of anilines is 2. The molecule has 0 saturated heterocycles. The van der Waals surface area contributed by atoms with Gasteiger partial charge in [0.15, 0.2) is 5.69 Å². The molecule has 0 unspecified atom stereocenters. The standard InChI is InChI=1S/C23H30N4O3S/c1-5-6-12-27-20(24)18(21(28)25-23(27)30)26(13-11-14(2)3)22(29)19-15(4)16-9-7-8-10-17(16)31-19/h7-10,14H,5-6,11-13,24H2,1-4H3,(H,25,28,30). The quantitative estimate of drug-likeness (QED) is 0.547. The third-order valence-corrected chi connectivity index (χ3v) is 6.69. The molecule has 3 aromatic rings. The lowest BCUT2D eigenvalue weighted by Gasteiger charge is -2.25. The SMILES string of the molecule is CCCCn1c(N)c(N(CCC(C)C)C(=O)c2sc3ccccc3c2C)c(=O)[nH]c1=O. The van der Waals surface area contributed by atoms with E-state index in [0.717, 1.165) is 28.5 Å². The van der Waals surface area contributed by atoms with Crippen molar-refractivity contribution in [2.45, 2.75) is 53.5 Å². The first-order chi connectivity index (χ1) is 14.8. The summed E-state index contributed by atoms with van der Waals surface area (Å²) >= 11 is 1.41. The van der Waals surface area contributed by atoms with Gasteiger partial charge in [-0.1, -0.05) is 45.4 Å². The van der Waals surface area contributed by atoms with Crippen LogP contribution in [0.25, 0.3) is 10.1 Å². The lowest BCUT2D eigenvalue weighted by atomic mass is 10.1. The largest absolute Gasteiger partial charge is 0.383 e. The zero-order valence-corrected chi connectivity index (χ0v) is 19.3. The average Bonchev–Trinajstić information content (AvgIpc) is 3.06. The number of hydrogen-bond acceptors (Lipinski definition) is 5. The molecule has 7 nitrogen and oxygen atoms in total. The van der Waals surface area contributed by atoms with Gasteiger partial charge in [0.25, 0.3) is 11.5 Å². The van der Waals surface area contributed by atoms with Crippen LogP contribution in [0.4, 0.5) is 11.5 Å². The van der Waals surface area contributed by atoms with E-state index in [0.29, 0.717) is 30.3 Å². The second kappa shape index (κ2) is 9.51. The van der Waals surface area contributed by atoms with Gasteiger partial charge in [-0.3, -0.25) is 24.0 Å². The van der Waals surface area contributed by atoms with Crippen LogP contribution in [0.15, 0.2) is 33.9 Å². The normalized spacial score (nSPS) is 11.4. The first kappa shape index (κ1) is 22.8. The molecular weight excluding hydrogens is 412 g/mol. The Morgan fingerprint density at radius 2 is 1.97 bits per heavy atom. The van der Waals surface area contributed by atoms with Gasteiger partial charge in [0.2, 0.25) is 0 Å². The monoisotopic (exact) mass is 442 g/mol. The number of nitrogens with two attached hydrogens (primary N) is 1. The molecule has 0 radical (unpaired) electrons. The molecule has 0 aliphatic carbocycles. The van der Waals surface area contributed by atoms with Crippen LogP contribution in [-0.2, 0) is 6.54 Å². The summed E-state index contributed by atoms with van der Waals surface area (Å²) < 4.78 is 2.37.